The van der Waals surface area contributed by atoms with Gasteiger partial charge in [-0.15, -0.1) is 0 Å². The number of aryl methyl sites for hydroxylation is 1. The molecule has 1 aromatic heterocycles. The molecule has 2 aliphatic rings. The number of sulfone groups is 1. The first-order chi connectivity index (χ1) is 11.9. The van der Waals surface area contributed by atoms with Crippen molar-refractivity contribution in [1.29, 1.82) is 0 Å². The van der Waals surface area contributed by atoms with Crippen molar-refractivity contribution in [2.24, 2.45) is 5.92 Å². The van der Waals surface area contributed by atoms with Crippen molar-refractivity contribution in [3.63, 3.8) is 0 Å². The van der Waals surface area contributed by atoms with Gasteiger partial charge in [0.15, 0.2) is 9.84 Å². The van der Waals surface area contributed by atoms with Gasteiger partial charge in [-0.3, -0.25) is 4.90 Å². The van der Waals surface area contributed by atoms with E-state index in [1.165, 1.54) is 0 Å². The average molecular weight is 369 g/mol. The quantitative estimate of drug-likeness (QED) is 0.863. The Hall–Kier alpha value is -1.54. The summed E-state index contributed by atoms with van der Waals surface area (Å²) in [6, 6.07) is 3.88. The van der Waals surface area contributed by atoms with Crippen LogP contribution in [0.15, 0.2) is 16.5 Å². The lowest BCUT2D eigenvalue weighted by Crippen LogP contribution is -2.49. The van der Waals surface area contributed by atoms with E-state index in [9.17, 15) is 13.2 Å². The van der Waals surface area contributed by atoms with Crippen molar-refractivity contribution < 1.29 is 17.6 Å². The third kappa shape index (κ3) is 5.22. The maximum Gasteiger partial charge on any atom is 0.317 e. The smallest absolute Gasteiger partial charge is 0.317 e. The van der Waals surface area contributed by atoms with Crippen LogP contribution in [-0.4, -0.2) is 68.5 Å². The molecule has 2 amide bonds. The SMILES string of the molecule is Cc1ccc(CN2CCC(CNC(=O)N3CCS(=O)(=O)CC3)CC2)o1. The lowest BCUT2D eigenvalue weighted by molar-refractivity contribution is 0.160. The van der Waals surface area contributed by atoms with Gasteiger partial charge < -0.3 is 14.6 Å². The molecule has 1 N–H and O–H groups in total. The second-order valence-corrected chi connectivity index (χ2v) is 9.36. The molecule has 2 fully saturated rings. The molecule has 2 saturated heterocycles. The summed E-state index contributed by atoms with van der Waals surface area (Å²) in [6.07, 6.45) is 2.10. The molecule has 8 heteroatoms. The van der Waals surface area contributed by atoms with Crippen LogP contribution in [0, 0.1) is 12.8 Å². The molecular formula is C17H27N3O4S. The highest BCUT2D eigenvalue weighted by atomic mass is 32.2. The van der Waals surface area contributed by atoms with Gasteiger partial charge >= 0.3 is 6.03 Å². The zero-order valence-corrected chi connectivity index (χ0v) is 15.6. The van der Waals surface area contributed by atoms with Crippen LogP contribution < -0.4 is 5.32 Å². The van der Waals surface area contributed by atoms with Gasteiger partial charge in [-0.05, 0) is 50.9 Å². The molecule has 0 aromatic carbocycles. The predicted octanol–water partition coefficient (Wildman–Crippen LogP) is 1.24. The fraction of sp³-hybridized carbons (Fsp3) is 0.706. The molecule has 2 aliphatic heterocycles. The number of likely N-dealkylation sites (tertiary alicyclic amines) is 1. The second kappa shape index (κ2) is 7.78. The number of amides is 2. The zero-order chi connectivity index (χ0) is 17.9. The Morgan fingerprint density at radius 2 is 1.88 bits per heavy atom. The molecule has 0 unspecified atom stereocenters. The summed E-state index contributed by atoms with van der Waals surface area (Å²) in [5.74, 6) is 2.57. The van der Waals surface area contributed by atoms with E-state index in [0.29, 0.717) is 25.6 Å². The Bertz CT molecular complexity index is 679. The standard InChI is InChI=1S/C17H27N3O4S/c1-14-2-3-16(24-14)13-19-6-4-15(5-7-19)12-18-17(21)20-8-10-25(22,23)11-9-20/h2-3,15H,4-13H2,1H3,(H,18,21). The van der Waals surface area contributed by atoms with E-state index in [2.05, 4.69) is 10.2 Å². The monoisotopic (exact) mass is 369 g/mol. The van der Waals surface area contributed by atoms with E-state index in [-0.39, 0.29) is 17.5 Å². The minimum absolute atomic E-state index is 0.0745. The third-order valence-electron chi connectivity index (χ3n) is 5.06. The van der Waals surface area contributed by atoms with Gasteiger partial charge in [-0.25, -0.2) is 13.2 Å². The Balaban J connectivity index is 1.35. The third-order valence-corrected chi connectivity index (χ3v) is 6.67. The fourth-order valence-corrected chi connectivity index (χ4v) is 4.60. The first-order valence-corrected chi connectivity index (χ1v) is 10.7. The summed E-state index contributed by atoms with van der Waals surface area (Å²) < 4.78 is 28.5. The summed E-state index contributed by atoms with van der Waals surface area (Å²) in [6.45, 7) is 6.07. The van der Waals surface area contributed by atoms with Gasteiger partial charge in [0.1, 0.15) is 11.5 Å². The largest absolute Gasteiger partial charge is 0.465 e. The van der Waals surface area contributed by atoms with Crippen LogP contribution in [-0.2, 0) is 16.4 Å². The molecule has 3 rings (SSSR count). The maximum atomic E-state index is 12.2. The van der Waals surface area contributed by atoms with Crippen LogP contribution in [0.3, 0.4) is 0 Å². The second-order valence-electron chi connectivity index (χ2n) is 7.06. The summed E-state index contributed by atoms with van der Waals surface area (Å²) in [7, 11) is -2.95. The van der Waals surface area contributed by atoms with Crippen molar-refractivity contribution in [2.75, 3.05) is 44.2 Å². The van der Waals surface area contributed by atoms with E-state index in [0.717, 1.165) is 44.0 Å². The average Bonchev–Trinajstić information content (AvgIpc) is 2.99. The Morgan fingerprint density at radius 1 is 1.20 bits per heavy atom. The molecule has 0 saturated carbocycles. The first-order valence-electron chi connectivity index (χ1n) is 8.92. The van der Waals surface area contributed by atoms with Gasteiger partial charge in [-0.1, -0.05) is 0 Å². The number of carbonyl (C=O) groups is 1. The Morgan fingerprint density at radius 3 is 2.48 bits per heavy atom. The highest BCUT2D eigenvalue weighted by molar-refractivity contribution is 7.91. The van der Waals surface area contributed by atoms with Gasteiger partial charge in [-0.2, -0.15) is 0 Å². The van der Waals surface area contributed by atoms with E-state index >= 15 is 0 Å². The number of nitrogens with zero attached hydrogens (tertiary/aromatic N) is 2. The minimum atomic E-state index is -2.95. The molecule has 1 aromatic rings. The number of hydrogen-bond acceptors (Lipinski definition) is 5. The van der Waals surface area contributed by atoms with Gasteiger partial charge in [0.2, 0.25) is 0 Å². The zero-order valence-electron chi connectivity index (χ0n) is 14.7. The van der Waals surface area contributed by atoms with E-state index in [1.807, 2.05) is 19.1 Å². The van der Waals surface area contributed by atoms with Crippen LogP contribution in [0.4, 0.5) is 4.79 Å². The number of hydrogen-bond donors (Lipinski definition) is 1. The van der Waals surface area contributed by atoms with Gasteiger partial charge in [0.05, 0.1) is 18.1 Å². The van der Waals surface area contributed by atoms with E-state index in [4.69, 9.17) is 4.42 Å². The molecule has 140 valence electrons. The highest BCUT2D eigenvalue weighted by Gasteiger charge is 2.26. The van der Waals surface area contributed by atoms with E-state index < -0.39 is 9.84 Å². The molecule has 0 bridgehead atoms. The van der Waals surface area contributed by atoms with Crippen LogP contribution >= 0.6 is 0 Å². The normalized spacial score (nSPS) is 22.0. The number of nitrogens with one attached hydrogen (secondary N) is 1. The Kier molecular flexibility index (Phi) is 5.68. The first kappa shape index (κ1) is 18.3. The Labute approximate surface area is 149 Å². The highest BCUT2D eigenvalue weighted by Crippen LogP contribution is 2.19. The summed E-state index contributed by atoms with van der Waals surface area (Å²) in [5, 5.41) is 2.97. The molecule has 0 radical (unpaired) electrons. The summed E-state index contributed by atoms with van der Waals surface area (Å²) in [5.41, 5.74) is 0. The molecule has 0 atom stereocenters. The molecule has 25 heavy (non-hydrogen) atoms. The van der Waals surface area contributed by atoms with Crippen LogP contribution in [0.25, 0.3) is 0 Å². The van der Waals surface area contributed by atoms with Crippen LogP contribution in [0.2, 0.25) is 0 Å². The van der Waals surface area contributed by atoms with Crippen molar-refractivity contribution in [1.82, 2.24) is 15.1 Å². The van der Waals surface area contributed by atoms with Gasteiger partial charge in [0.25, 0.3) is 0 Å². The fourth-order valence-electron chi connectivity index (χ4n) is 3.40. The minimum Gasteiger partial charge on any atom is -0.465 e. The molecule has 0 aliphatic carbocycles. The predicted molar refractivity (Wildman–Crippen MR) is 95.1 cm³/mol. The van der Waals surface area contributed by atoms with Crippen molar-refractivity contribution in [3.05, 3.63) is 23.7 Å². The maximum absolute atomic E-state index is 12.2. The van der Waals surface area contributed by atoms with Gasteiger partial charge in [0, 0.05) is 19.6 Å². The number of piperidine rings is 1. The molecule has 3 heterocycles. The lowest BCUT2D eigenvalue weighted by Gasteiger charge is -2.32. The summed E-state index contributed by atoms with van der Waals surface area (Å²) >= 11 is 0. The van der Waals surface area contributed by atoms with Crippen molar-refractivity contribution in [3.8, 4) is 0 Å². The summed E-state index contributed by atoms with van der Waals surface area (Å²) in [4.78, 5) is 16.1. The molecule has 0 spiro atoms. The van der Waals surface area contributed by atoms with E-state index in [1.54, 1.807) is 4.90 Å². The number of carbonyl (C=O) groups excluding carboxylic acids is 1. The number of urea groups is 1. The van der Waals surface area contributed by atoms with Crippen LogP contribution in [0.5, 0.6) is 0 Å². The number of furan rings is 1. The number of rotatable bonds is 4. The van der Waals surface area contributed by atoms with Crippen molar-refractivity contribution in [2.45, 2.75) is 26.3 Å². The van der Waals surface area contributed by atoms with Crippen LogP contribution in [0.1, 0.15) is 24.4 Å². The topological polar surface area (TPSA) is 82.9 Å². The molecular weight excluding hydrogens is 342 g/mol. The van der Waals surface area contributed by atoms with Crippen molar-refractivity contribution >= 4 is 15.9 Å². The molecule has 7 nitrogen and oxygen atoms in total. The lowest BCUT2D eigenvalue weighted by atomic mass is 9.97.